The smallest absolute Gasteiger partial charge is 0.156 e. The second kappa shape index (κ2) is 5.64. The SMILES string of the molecule is CC(=O)C1=CCC2C3CCC4C(O)C(O)C(O)CC4(C)C3CCC12C. The lowest BCUT2D eigenvalue weighted by Gasteiger charge is -2.62. The fraction of sp³-hybridized carbons (Fsp3) is 0.857. The maximum atomic E-state index is 12.1. The molecule has 4 nitrogen and oxygen atoms in total. The van der Waals surface area contributed by atoms with Crippen molar-refractivity contribution in [1.29, 1.82) is 0 Å². The molecular weight excluding hydrogens is 316 g/mol. The summed E-state index contributed by atoms with van der Waals surface area (Å²) >= 11 is 0. The Hall–Kier alpha value is -0.710. The Morgan fingerprint density at radius 1 is 1.04 bits per heavy atom. The van der Waals surface area contributed by atoms with E-state index in [2.05, 4.69) is 19.9 Å². The van der Waals surface area contributed by atoms with Crippen LogP contribution in [0, 0.1) is 34.5 Å². The zero-order valence-corrected chi connectivity index (χ0v) is 15.6. The van der Waals surface area contributed by atoms with Gasteiger partial charge in [-0.15, -0.1) is 0 Å². The lowest BCUT2D eigenvalue weighted by atomic mass is 9.44. The van der Waals surface area contributed by atoms with Gasteiger partial charge in [0.25, 0.3) is 0 Å². The van der Waals surface area contributed by atoms with Crippen molar-refractivity contribution in [3.63, 3.8) is 0 Å². The van der Waals surface area contributed by atoms with Gasteiger partial charge in [-0.1, -0.05) is 19.9 Å². The molecule has 4 aliphatic rings. The molecule has 4 heteroatoms. The highest BCUT2D eigenvalue weighted by molar-refractivity contribution is 5.95. The number of rotatable bonds is 1. The van der Waals surface area contributed by atoms with Gasteiger partial charge in [0.15, 0.2) is 5.78 Å². The molecule has 4 rings (SSSR count). The van der Waals surface area contributed by atoms with Crippen molar-refractivity contribution in [3.05, 3.63) is 11.6 Å². The second-order valence-electron chi connectivity index (χ2n) is 9.68. The minimum Gasteiger partial charge on any atom is -0.390 e. The summed E-state index contributed by atoms with van der Waals surface area (Å²) in [6.07, 6.45) is 5.10. The van der Waals surface area contributed by atoms with E-state index in [4.69, 9.17) is 0 Å². The van der Waals surface area contributed by atoms with Gasteiger partial charge in [0, 0.05) is 0 Å². The Balaban J connectivity index is 1.65. The molecule has 0 spiro atoms. The van der Waals surface area contributed by atoms with Crippen LogP contribution in [0.15, 0.2) is 11.6 Å². The number of Topliss-reactive ketones (excluding diaryl/α,β-unsaturated/α-hetero) is 1. The Bertz CT molecular complexity index is 613. The van der Waals surface area contributed by atoms with Gasteiger partial charge in [0.2, 0.25) is 0 Å². The van der Waals surface area contributed by atoms with Crippen LogP contribution in [-0.4, -0.2) is 39.4 Å². The monoisotopic (exact) mass is 348 g/mol. The molecule has 0 aromatic carbocycles. The standard InChI is InChI=1S/C21H32O4/c1-11(22)13-6-7-14-12-4-5-16-18(24)19(25)17(23)10-21(16,3)15(12)8-9-20(13,14)2/h6,12,14-19,23-25H,4-5,7-10H2,1-3H3. The summed E-state index contributed by atoms with van der Waals surface area (Å²) in [5.74, 6) is 1.79. The summed E-state index contributed by atoms with van der Waals surface area (Å²) in [4.78, 5) is 12.1. The van der Waals surface area contributed by atoms with E-state index in [9.17, 15) is 20.1 Å². The lowest BCUT2D eigenvalue weighted by Crippen LogP contribution is -2.61. The molecule has 9 atom stereocenters. The van der Waals surface area contributed by atoms with Crippen LogP contribution in [0.5, 0.6) is 0 Å². The van der Waals surface area contributed by atoms with Crippen LogP contribution in [-0.2, 0) is 4.79 Å². The molecule has 140 valence electrons. The van der Waals surface area contributed by atoms with E-state index < -0.39 is 18.3 Å². The number of carbonyl (C=O) groups excluding carboxylic acids is 1. The summed E-state index contributed by atoms with van der Waals surface area (Å²) in [6, 6.07) is 0. The molecule has 0 amide bonds. The third kappa shape index (κ3) is 2.26. The van der Waals surface area contributed by atoms with Crippen molar-refractivity contribution in [3.8, 4) is 0 Å². The Morgan fingerprint density at radius 2 is 1.76 bits per heavy atom. The van der Waals surface area contributed by atoms with Gasteiger partial charge >= 0.3 is 0 Å². The predicted molar refractivity (Wildman–Crippen MR) is 94.7 cm³/mol. The molecule has 3 N–H and O–H groups in total. The normalized spacial score (nSPS) is 55.0. The molecule has 4 aliphatic carbocycles. The Morgan fingerprint density at radius 3 is 2.44 bits per heavy atom. The molecule has 0 bridgehead atoms. The number of hydrogen-bond acceptors (Lipinski definition) is 4. The number of hydrogen-bond donors (Lipinski definition) is 3. The summed E-state index contributed by atoms with van der Waals surface area (Å²) in [5.41, 5.74) is 0.908. The number of carbonyl (C=O) groups is 1. The molecular formula is C21H32O4. The van der Waals surface area contributed by atoms with Gasteiger partial charge in [-0.3, -0.25) is 4.79 Å². The van der Waals surface area contributed by atoms with Crippen molar-refractivity contribution in [2.75, 3.05) is 0 Å². The van der Waals surface area contributed by atoms with E-state index in [0.717, 1.165) is 37.7 Å². The average Bonchev–Trinajstić information content (AvgIpc) is 2.90. The molecule has 0 saturated heterocycles. The van der Waals surface area contributed by atoms with Crippen molar-refractivity contribution >= 4 is 5.78 Å². The fourth-order valence-electron chi connectivity index (χ4n) is 7.50. The van der Waals surface area contributed by atoms with Crippen LogP contribution in [0.25, 0.3) is 0 Å². The van der Waals surface area contributed by atoms with Gasteiger partial charge in [0.05, 0.1) is 12.2 Å². The molecule has 0 heterocycles. The molecule has 0 radical (unpaired) electrons. The number of fused-ring (bicyclic) bond motifs is 5. The maximum Gasteiger partial charge on any atom is 0.156 e. The fourth-order valence-corrected chi connectivity index (χ4v) is 7.50. The quantitative estimate of drug-likeness (QED) is 0.680. The highest BCUT2D eigenvalue weighted by atomic mass is 16.4. The first-order valence-corrected chi connectivity index (χ1v) is 9.96. The first-order valence-electron chi connectivity index (χ1n) is 9.96. The molecule has 9 unspecified atom stereocenters. The first-order chi connectivity index (χ1) is 11.7. The van der Waals surface area contributed by atoms with Gasteiger partial charge in [0.1, 0.15) is 6.10 Å². The predicted octanol–water partition coefficient (Wildman–Crippen LogP) is 2.46. The molecule has 25 heavy (non-hydrogen) atoms. The van der Waals surface area contributed by atoms with E-state index in [0.29, 0.717) is 24.2 Å². The number of aliphatic hydroxyl groups is 3. The maximum absolute atomic E-state index is 12.1. The van der Waals surface area contributed by atoms with Crippen molar-refractivity contribution < 1.29 is 20.1 Å². The van der Waals surface area contributed by atoms with Gasteiger partial charge in [-0.05, 0) is 85.5 Å². The number of aliphatic hydroxyl groups excluding tert-OH is 3. The molecule has 0 aliphatic heterocycles. The van der Waals surface area contributed by atoms with Crippen molar-refractivity contribution in [2.24, 2.45) is 34.5 Å². The zero-order chi connectivity index (χ0) is 18.1. The van der Waals surface area contributed by atoms with E-state index in [-0.39, 0.29) is 22.5 Å². The van der Waals surface area contributed by atoms with Crippen molar-refractivity contribution in [2.45, 2.75) is 77.6 Å². The molecule has 0 aromatic heterocycles. The summed E-state index contributed by atoms with van der Waals surface area (Å²) in [5, 5.41) is 31.1. The van der Waals surface area contributed by atoms with Crippen molar-refractivity contribution in [1.82, 2.24) is 0 Å². The molecule has 0 aromatic rings. The van der Waals surface area contributed by atoms with E-state index in [1.54, 1.807) is 6.92 Å². The van der Waals surface area contributed by atoms with Crippen LogP contribution in [0.1, 0.15) is 59.3 Å². The zero-order valence-electron chi connectivity index (χ0n) is 15.6. The van der Waals surface area contributed by atoms with Crippen LogP contribution in [0.3, 0.4) is 0 Å². The summed E-state index contributed by atoms with van der Waals surface area (Å²) in [6.45, 7) is 6.19. The summed E-state index contributed by atoms with van der Waals surface area (Å²) < 4.78 is 0. The molecule has 3 fully saturated rings. The topological polar surface area (TPSA) is 77.8 Å². The largest absolute Gasteiger partial charge is 0.390 e. The Labute approximate surface area is 150 Å². The minimum absolute atomic E-state index is 0.00160. The van der Waals surface area contributed by atoms with Gasteiger partial charge in [-0.25, -0.2) is 0 Å². The van der Waals surface area contributed by atoms with E-state index >= 15 is 0 Å². The highest BCUT2D eigenvalue weighted by Gasteiger charge is 2.61. The third-order valence-corrected chi connectivity index (χ3v) is 8.71. The lowest BCUT2D eigenvalue weighted by molar-refractivity contribution is -0.205. The van der Waals surface area contributed by atoms with E-state index in [1.807, 2.05) is 0 Å². The minimum atomic E-state index is -1.01. The summed E-state index contributed by atoms with van der Waals surface area (Å²) in [7, 11) is 0. The van der Waals surface area contributed by atoms with Crippen LogP contribution >= 0.6 is 0 Å². The molecule has 3 saturated carbocycles. The number of allylic oxidation sites excluding steroid dienone is 2. The van der Waals surface area contributed by atoms with Crippen LogP contribution in [0.2, 0.25) is 0 Å². The van der Waals surface area contributed by atoms with Gasteiger partial charge < -0.3 is 15.3 Å². The number of ketones is 1. The van der Waals surface area contributed by atoms with E-state index in [1.165, 1.54) is 0 Å². The van der Waals surface area contributed by atoms with Crippen LogP contribution < -0.4 is 0 Å². The highest BCUT2D eigenvalue weighted by Crippen LogP contribution is 2.66. The first kappa shape index (κ1) is 17.7. The average molecular weight is 348 g/mol. The van der Waals surface area contributed by atoms with Crippen LogP contribution in [0.4, 0.5) is 0 Å². The third-order valence-electron chi connectivity index (χ3n) is 8.71. The Kier molecular flexibility index (Phi) is 3.99. The second-order valence-corrected chi connectivity index (χ2v) is 9.68. The van der Waals surface area contributed by atoms with Gasteiger partial charge in [-0.2, -0.15) is 0 Å².